The number of carbonyl (C=O) groups is 1. The summed E-state index contributed by atoms with van der Waals surface area (Å²) in [5, 5.41) is 3.97. The van der Waals surface area contributed by atoms with E-state index in [2.05, 4.69) is 14.1 Å². The number of aromatic nitrogens is 1. The van der Waals surface area contributed by atoms with Gasteiger partial charge < -0.3 is 5.32 Å². The van der Waals surface area contributed by atoms with Crippen molar-refractivity contribution in [3.63, 3.8) is 0 Å². The average Bonchev–Trinajstić information content (AvgIpc) is 3.07. The van der Waals surface area contributed by atoms with Gasteiger partial charge in [0.2, 0.25) is 0 Å². The van der Waals surface area contributed by atoms with Crippen LogP contribution in [0, 0.1) is 5.82 Å². The maximum Gasteiger partial charge on any atom is 0.345 e. The summed E-state index contributed by atoms with van der Waals surface area (Å²) in [4.78, 5) is 12.5. The Morgan fingerprint density at radius 3 is 2.69 bits per heavy atom. The maximum atomic E-state index is 13.2. The minimum atomic E-state index is -4.07. The van der Waals surface area contributed by atoms with Crippen LogP contribution in [0.25, 0.3) is 0 Å². The van der Waals surface area contributed by atoms with Gasteiger partial charge in [0.15, 0.2) is 0 Å². The summed E-state index contributed by atoms with van der Waals surface area (Å²) in [7, 11) is -2.86. The molecule has 0 aliphatic carbocycles. The number of allylic oxidation sites excluding steroid dienone is 1. The molecule has 1 aliphatic heterocycles. The zero-order valence-electron chi connectivity index (χ0n) is 12.6. The summed E-state index contributed by atoms with van der Waals surface area (Å²) in [6, 6.07) is 5.22. The molecular formula is C15H14ClFN4O3S2. The van der Waals surface area contributed by atoms with E-state index in [0.717, 1.165) is 21.9 Å². The molecule has 0 spiro atoms. The fourth-order valence-corrected chi connectivity index (χ4v) is 3.60. The first kappa shape index (κ1) is 20.0. The topological polar surface area (TPSA) is 91.7 Å². The van der Waals surface area contributed by atoms with Crippen molar-refractivity contribution in [2.75, 3.05) is 12.4 Å². The number of likely N-dealkylation sites (N-methyl/N-ethyl adjacent to an activating group) is 1. The number of anilines is 1. The van der Waals surface area contributed by atoms with Gasteiger partial charge >= 0.3 is 10.2 Å². The standard InChI is InChI=1S/C14H10ClFN4O3S2.CH4/c1-20-13(14(21)17-8-2-3-10(16)9(15)6-8)7-12(19-25(20,22)23)11-4-5-24-18-11;/h2-7H,1H3,(H,17,21);1H4. The van der Waals surface area contributed by atoms with Crippen molar-refractivity contribution in [1.29, 1.82) is 0 Å². The molecule has 1 aromatic carbocycles. The lowest BCUT2D eigenvalue weighted by molar-refractivity contribution is -0.113. The molecule has 0 bridgehead atoms. The molecule has 7 nitrogen and oxygen atoms in total. The summed E-state index contributed by atoms with van der Waals surface area (Å²) >= 11 is 6.80. The van der Waals surface area contributed by atoms with E-state index in [4.69, 9.17) is 11.6 Å². The largest absolute Gasteiger partial charge is 0.345 e. The Hall–Kier alpha value is -2.30. The highest BCUT2D eigenvalue weighted by Gasteiger charge is 2.30. The van der Waals surface area contributed by atoms with Crippen molar-refractivity contribution in [3.8, 4) is 0 Å². The molecule has 0 saturated carbocycles. The number of nitrogens with one attached hydrogen (secondary N) is 1. The first-order chi connectivity index (χ1) is 11.8. The Bertz CT molecular complexity index is 1000. The van der Waals surface area contributed by atoms with Gasteiger partial charge in [-0.05, 0) is 41.9 Å². The Morgan fingerprint density at radius 1 is 1.35 bits per heavy atom. The first-order valence-corrected chi connectivity index (χ1v) is 9.37. The third-order valence-electron chi connectivity index (χ3n) is 3.28. The number of halogens is 2. The van der Waals surface area contributed by atoms with E-state index < -0.39 is 21.9 Å². The van der Waals surface area contributed by atoms with E-state index in [1.807, 2.05) is 0 Å². The highest BCUT2D eigenvalue weighted by Crippen LogP contribution is 2.23. The number of hydrogen-bond donors (Lipinski definition) is 1. The smallest absolute Gasteiger partial charge is 0.321 e. The van der Waals surface area contributed by atoms with Crippen LogP contribution in [-0.2, 0) is 15.0 Å². The minimum Gasteiger partial charge on any atom is -0.321 e. The normalized spacial score (nSPS) is 15.6. The fraction of sp³-hybridized carbons (Fsp3) is 0.133. The Morgan fingerprint density at radius 2 is 2.08 bits per heavy atom. The second-order valence-corrected chi connectivity index (χ2v) is 7.62. The summed E-state index contributed by atoms with van der Waals surface area (Å²) in [6.45, 7) is 0. The third-order valence-corrected chi connectivity index (χ3v) is 5.45. The van der Waals surface area contributed by atoms with Crippen LogP contribution in [0.15, 0.2) is 45.8 Å². The molecule has 26 heavy (non-hydrogen) atoms. The van der Waals surface area contributed by atoms with Crippen LogP contribution in [0.3, 0.4) is 0 Å². The van der Waals surface area contributed by atoms with Crippen LogP contribution < -0.4 is 5.32 Å². The number of amides is 1. The van der Waals surface area contributed by atoms with E-state index in [9.17, 15) is 17.6 Å². The highest BCUT2D eigenvalue weighted by molar-refractivity contribution is 7.88. The monoisotopic (exact) mass is 416 g/mol. The lowest BCUT2D eigenvalue weighted by atomic mass is 10.2. The lowest BCUT2D eigenvalue weighted by Crippen LogP contribution is -2.35. The van der Waals surface area contributed by atoms with E-state index in [1.54, 1.807) is 11.4 Å². The molecule has 2 heterocycles. The van der Waals surface area contributed by atoms with Gasteiger partial charge in [-0.15, -0.1) is 4.40 Å². The maximum absolute atomic E-state index is 13.2. The lowest BCUT2D eigenvalue weighted by Gasteiger charge is -2.23. The van der Waals surface area contributed by atoms with Crippen LogP contribution in [0.4, 0.5) is 10.1 Å². The number of nitrogens with zero attached hydrogens (tertiary/aromatic N) is 3. The van der Waals surface area contributed by atoms with Gasteiger partial charge in [-0.2, -0.15) is 12.8 Å². The minimum absolute atomic E-state index is 0. The number of hydrogen-bond acceptors (Lipinski definition) is 5. The van der Waals surface area contributed by atoms with Gasteiger partial charge in [0, 0.05) is 18.1 Å². The predicted molar refractivity (Wildman–Crippen MR) is 100 cm³/mol. The molecule has 3 rings (SSSR count). The van der Waals surface area contributed by atoms with Gasteiger partial charge in [0.05, 0.1) is 5.02 Å². The van der Waals surface area contributed by atoms with Gasteiger partial charge in [0.25, 0.3) is 5.91 Å². The van der Waals surface area contributed by atoms with Crippen LogP contribution in [0.5, 0.6) is 0 Å². The highest BCUT2D eigenvalue weighted by atomic mass is 35.5. The zero-order chi connectivity index (χ0) is 18.2. The van der Waals surface area contributed by atoms with Crippen LogP contribution in [-0.4, -0.2) is 35.8 Å². The number of carbonyl (C=O) groups excluding carboxylic acids is 1. The van der Waals surface area contributed by atoms with Gasteiger partial charge in [-0.3, -0.25) is 4.79 Å². The van der Waals surface area contributed by atoms with Crippen molar-refractivity contribution in [2.45, 2.75) is 7.43 Å². The van der Waals surface area contributed by atoms with Gasteiger partial charge in [0.1, 0.15) is 22.9 Å². The quantitative estimate of drug-likeness (QED) is 0.832. The van der Waals surface area contributed by atoms with E-state index in [-0.39, 0.29) is 29.5 Å². The van der Waals surface area contributed by atoms with Gasteiger partial charge in [-0.1, -0.05) is 19.0 Å². The summed E-state index contributed by atoms with van der Waals surface area (Å²) in [5.74, 6) is -1.34. The van der Waals surface area contributed by atoms with Crippen LogP contribution in [0.2, 0.25) is 5.02 Å². The summed E-state index contributed by atoms with van der Waals surface area (Å²) in [5.41, 5.74) is 0.470. The molecule has 11 heteroatoms. The van der Waals surface area contributed by atoms with E-state index in [0.29, 0.717) is 5.69 Å². The van der Waals surface area contributed by atoms with E-state index >= 15 is 0 Å². The van der Waals surface area contributed by atoms with Crippen LogP contribution >= 0.6 is 23.1 Å². The van der Waals surface area contributed by atoms with Crippen molar-refractivity contribution in [3.05, 3.63) is 58.0 Å². The molecule has 0 radical (unpaired) electrons. The SMILES string of the molecule is C.CN1C(C(=O)Nc2ccc(F)c(Cl)c2)=CC(c2ccsn2)=NS1(=O)=O. The molecule has 1 N–H and O–H groups in total. The van der Waals surface area contributed by atoms with Crippen molar-refractivity contribution < 1.29 is 17.6 Å². The number of rotatable bonds is 3. The first-order valence-electron chi connectivity index (χ1n) is 6.75. The molecule has 0 atom stereocenters. The average molecular weight is 417 g/mol. The van der Waals surface area contributed by atoms with Crippen molar-refractivity contribution in [1.82, 2.24) is 8.68 Å². The molecule has 138 valence electrons. The molecule has 2 aromatic rings. The molecule has 0 fully saturated rings. The van der Waals surface area contributed by atoms with E-state index in [1.165, 1.54) is 25.3 Å². The molecule has 1 aromatic heterocycles. The van der Waals surface area contributed by atoms with Crippen molar-refractivity contribution in [2.24, 2.45) is 4.40 Å². The molecule has 0 saturated heterocycles. The molecule has 1 amide bonds. The Balaban J connectivity index is 0.00000243. The summed E-state index contributed by atoms with van der Waals surface area (Å²) < 4.78 is 46.0. The zero-order valence-corrected chi connectivity index (χ0v) is 15.0. The number of benzene rings is 1. The molecular weight excluding hydrogens is 403 g/mol. The fourth-order valence-electron chi connectivity index (χ4n) is 2.00. The molecule has 1 aliphatic rings. The second-order valence-electron chi connectivity index (χ2n) is 4.92. The predicted octanol–water partition coefficient (Wildman–Crippen LogP) is 3.07. The van der Waals surface area contributed by atoms with Crippen LogP contribution in [0.1, 0.15) is 13.1 Å². The Kier molecular flexibility index (Phi) is 5.79. The third kappa shape index (κ3) is 3.92. The Labute approximate surface area is 159 Å². The van der Waals surface area contributed by atoms with Gasteiger partial charge in [-0.25, -0.2) is 8.70 Å². The molecule has 0 unspecified atom stereocenters. The second kappa shape index (κ2) is 7.52. The van der Waals surface area contributed by atoms with Crippen molar-refractivity contribution >= 4 is 50.6 Å². The summed E-state index contributed by atoms with van der Waals surface area (Å²) in [6.07, 6.45) is 1.32.